The van der Waals surface area contributed by atoms with Crippen LogP contribution < -0.4 is 19.8 Å². The number of nitrogens with one attached hydrogen (secondary N) is 2. The SMILES string of the molecule is Cc1c(S(C)(=O)=O)c(-c2cc(F)cc(N3CCN(c4ccc(NS(=O)(=O)c5ccc(N[C@H](CCN6CCC(C(C)C)CC6)CSc6ccccc6)c(S(=O)(=O)C(F)(F)F)c5)cc4)CC3)c2)c(-c2ccc(Cl)cc2)n1C(C)C. The van der Waals surface area contributed by atoms with E-state index in [9.17, 15) is 38.4 Å². The van der Waals surface area contributed by atoms with Gasteiger partial charge in [0.15, 0.2) is 9.84 Å². The van der Waals surface area contributed by atoms with E-state index in [1.807, 2.05) is 65.8 Å². The van der Waals surface area contributed by atoms with Gasteiger partial charge in [-0.1, -0.05) is 55.8 Å². The van der Waals surface area contributed by atoms with Crippen LogP contribution in [0.4, 0.5) is 40.3 Å². The Labute approximate surface area is 460 Å². The predicted molar refractivity (Wildman–Crippen MR) is 303 cm³/mol. The molecule has 0 unspecified atom stereocenters. The van der Waals surface area contributed by atoms with Crippen LogP contribution in [0.15, 0.2) is 135 Å². The molecule has 2 aliphatic rings. The number of hydrogen-bond acceptors (Lipinski definition) is 11. The number of halogens is 5. The summed E-state index contributed by atoms with van der Waals surface area (Å²) in [7, 11) is -14.5. The molecule has 414 valence electrons. The van der Waals surface area contributed by atoms with Crippen LogP contribution in [-0.4, -0.2) is 104 Å². The highest BCUT2D eigenvalue weighted by Gasteiger charge is 2.48. The summed E-state index contributed by atoms with van der Waals surface area (Å²) in [6.07, 6.45) is 3.73. The molecule has 8 rings (SSSR count). The molecule has 2 saturated heterocycles. The Kier molecular flexibility index (Phi) is 17.8. The highest BCUT2D eigenvalue weighted by Crippen LogP contribution is 2.45. The first-order valence-corrected chi connectivity index (χ1v) is 31.8. The van der Waals surface area contributed by atoms with Crippen molar-refractivity contribution < 1.29 is 42.8 Å². The Balaban J connectivity index is 0.982. The van der Waals surface area contributed by atoms with Crippen LogP contribution in [0.2, 0.25) is 5.02 Å². The first-order chi connectivity index (χ1) is 36.3. The van der Waals surface area contributed by atoms with Crippen LogP contribution in [0.3, 0.4) is 0 Å². The molecule has 12 nitrogen and oxygen atoms in total. The number of alkyl halides is 3. The number of sulfonamides is 1. The first kappa shape index (κ1) is 57.9. The van der Waals surface area contributed by atoms with Gasteiger partial charge in [-0.25, -0.2) is 29.6 Å². The zero-order chi connectivity index (χ0) is 55.6. The van der Waals surface area contributed by atoms with Crippen LogP contribution in [0.1, 0.15) is 58.7 Å². The molecule has 0 radical (unpaired) electrons. The van der Waals surface area contributed by atoms with E-state index in [0.29, 0.717) is 96.0 Å². The van der Waals surface area contributed by atoms with E-state index in [-0.39, 0.29) is 22.3 Å². The molecular weight excluding hydrogens is 1090 g/mol. The topological polar surface area (TPSA) is 141 Å². The van der Waals surface area contributed by atoms with E-state index in [0.717, 1.165) is 60.5 Å². The van der Waals surface area contributed by atoms with Crippen LogP contribution in [0.5, 0.6) is 0 Å². The Morgan fingerprint density at radius 1 is 0.740 bits per heavy atom. The molecule has 0 spiro atoms. The van der Waals surface area contributed by atoms with Crippen LogP contribution >= 0.6 is 23.4 Å². The zero-order valence-electron chi connectivity index (χ0n) is 43.8. The minimum Gasteiger partial charge on any atom is -0.380 e. The van der Waals surface area contributed by atoms with Crippen LogP contribution in [0.25, 0.3) is 22.4 Å². The summed E-state index contributed by atoms with van der Waals surface area (Å²) < 4.78 is 145. The van der Waals surface area contributed by atoms with Gasteiger partial charge in [-0.3, -0.25) is 4.72 Å². The third-order valence-electron chi connectivity index (χ3n) is 14.5. The lowest BCUT2D eigenvalue weighted by Crippen LogP contribution is -2.46. The standard InChI is InChI=1S/C56H65ClF4N6O6S4/c1-37(2)40-22-25-64(26-23-40)27-24-46(36-74-49-10-8-7-9-11-49)62-51-21-20-50(35-52(51)76(70,71)56(59,60)61)77(72,73)63-45-16-18-47(19-17-45)65-28-30-66(31-29-65)48-33-42(32-44(58)34-48)53-54(41-12-14-43(57)15-13-41)67(38(3)4)39(5)55(53)75(6,68)69/h7-21,32-35,37-38,40,46,62-63H,22-31,36H2,1-6H3/t46-/m1/s1. The summed E-state index contributed by atoms with van der Waals surface area (Å²) in [5.41, 5.74) is -2.00. The number of likely N-dealkylation sites (tertiary alicyclic amines) is 1. The van der Waals surface area contributed by atoms with Crippen molar-refractivity contribution in [2.24, 2.45) is 11.8 Å². The largest absolute Gasteiger partial charge is 0.501 e. The monoisotopic (exact) mass is 1160 g/mol. The zero-order valence-corrected chi connectivity index (χ0v) is 47.8. The van der Waals surface area contributed by atoms with Gasteiger partial charge in [0.2, 0.25) is 0 Å². The molecule has 77 heavy (non-hydrogen) atoms. The number of piperazine rings is 1. The van der Waals surface area contributed by atoms with Crippen LogP contribution in [0, 0.1) is 24.6 Å². The molecule has 2 fully saturated rings. The third-order valence-corrected chi connectivity index (χ3v) is 20.1. The van der Waals surface area contributed by atoms with Gasteiger partial charge in [0, 0.05) is 95.1 Å². The summed E-state index contributed by atoms with van der Waals surface area (Å²) in [5, 5.41) is 3.59. The maximum Gasteiger partial charge on any atom is 0.501 e. The Hall–Kier alpha value is -5.25. The van der Waals surface area contributed by atoms with E-state index in [1.54, 1.807) is 37.3 Å². The average molecular weight is 1160 g/mol. The van der Waals surface area contributed by atoms with Gasteiger partial charge in [0.25, 0.3) is 19.9 Å². The van der Waals surface area contributed by atoms with Crippen molar-refractivity contribution in [3.05, 3.63) is 132 Å². The molecule has 5 aromatic carbocycles. The molecule has 0 saturated carbocycles. The first-order valence-electron chi connectivity index (χ1n) is 25.6. The van der Waals surface area contributed by atoms with Crippen LogP contribution in [-0.2, 0) is 29.7 Å². The second-order valence-corrected chi connectivity index (χ2v) is 27.6. The minimum atomic E-state index is -6.03. The lowest BCUT2D eigenvalue weighted by atomic mass is 9.86. The lowest BCUT2D eigenvalue weighted by molar-refractivity contribution is -0.0435. The Morgan fingerprint density at radius 3 is 1.95 bits per heavy atom. The molecule has 0 bridgehead atoms. The number of sulfone groups is 2. The van der Waals surface area contributed by atoms with E-state index in [1.165, 1.54) is 36.0 Å². The Bertz CT molecular complexity index is 3380. The number of anilines is 4. The van der Waals surface area contributed by atoms with Gasteiger partial charge >= 0.3 is 5.51 Å². The lowest BCUT2D eigenvalue weighted by Gasteiger charge is -2.37. The number of hydrogen-bond donors (Lipinski definition) is 2. The maximum atomic E-state index is 15.8. The van der Waals surface area contributed by atoms with Crippen molar-refractivity contribution in [3.63, 3.8) is 0 Å². The van der Waals surface area contributed by atoms with Gasteiger partial charge < -0.3 is 24.6 Å². The molecule has 1 aromatic heterocycles. The fourth-order valence-electron chi connectivity index (χ4n) is 10.5. The summed E-state index contributed by atoms with van der Waals surface area (Å²) in [4.78, 5) is 5.57. The van der Waals surface area contributed by atoms with Crippen molar-refractivity contribution in [1.29, 1.82) is 0 Å². The highest BCUT2D eigenvalue weighted by molar-refractivity contribution is 7.99. The Morgan fingerprint density at radius 2 is 1.36 bits per heavy atom. The van der Waals surface area contributed by atoms with E-state index in [4.69, 9.17) is 11.6 Å². The summed E-state index contributed by atoms with van der Waals surface area (Å²) in [5.74, 6) is 1.04. The number of nitrogens with zero attached hydrogens (tertiary/aromatic N) is 4. The van der Waals surface area contributed by atoms with E-state index in [2.05, 4.69) is 33.7 Å². The smallest absolute Gasteiger partial charge is 0.380 e. The number of thioether (sulfide) groups is 1. The summed E-state index contributed by atoms with van der Waals surface area (Å²) in [6.45, 7) is 14.4. The van der Waals surface area contributed by atoms with Crippen molar-refractivity contribution in [2.75, 3.05) is 77.7 Å². The summed E-state index contributed by atoms with van der Waals surface area (Å²) in [6, 6.07) is 29.6. The fraction of sp³-hybridized carbons (Fsp3) is 0.393. The molecule has 0 amide bonds. The average Bonchev–Trinajstić information content (AvgIpc) is 3.80. The number of rotatable bonds is 19. The normalized spacial score (nSPS) is 15.9. The second-order valence-electron chi connectivity index (χ2n) is 20.5. The number of piperidine rings is 1. The molecule has 6 aromatic rings. The maximum absolute atomic E-state index is 15.8. The van der Waals surface area contributed by atoms with Gasteiger partial charge in [-0.15, -0.1) is 11.8 Å². The predicted octanol–water partition coefficient (Wildman–Crippen LogP) is 12.7. The molecule has 2 aliphatic heterocycles. The number of benzene rings is 5. The molecule has 2 N–H and O–H groups in total. The number of aromatic nitrogens is 1. The molecular formula is C56H65ClF4N6O6S4. The van der Waals surface area contributed by atoms with Crippen molar-refractivity contribution in [3.8, 4) is 22.4 Å². The van der Waals surface area contributed by atoms with E-state index >= 15 is 4.39 Å². The van der Waals surface area contributed by atoms with Gasteiger partial charge in [0.1, 0.15) is 10.7 Å². The highest BCUT2D eigenvalue weighted by atomic mass is 35.5. The van der Waals surface area contributed by atoms with Gasteiger partial charge in [-0.05, 0) is 161 Å². The molecule has 1 atom stereocenters. The second kappa shape index (κ2) is 23.6. The van der Waals surface area contributed by atoms with Gasteiger partial charge in [0.05, 0.1) is 21.2 Å². The van der Waals surface area contributed by atoms with E-state index < -0.39 is 56.9 Å². The fourth-order valence-corrected chi connectivity index (χ4v) is 14.9. The molecule has 0 aliphatic carbocycles. The molecule has 21 heteroatoms. The minimum absolute atomic E-state index is 0.0884. The third kappa shape index (κ3) is 13.4. The quantitative estimate of drug-likeness (QED) is 0.0591. The molecule has 3 heterocycles. The summed E-state index contributed by atoms with van der Waals surface area (Å²) >= 11 is 7.73. The van der Waals surface area contributed by atoms with Gasteiger partial charge in [-0.2, -0.15) is 13.2 Å². The van der Waals surface area contributed by atoms with Crippen molar-refractivity contribution >= 4 is 75.8 Å². The van der Waals surface area contributed by atoms with Crippen molar-refractivity contribution in [1.82, 2.24) is 9.47 Å². The van der Waals surface area contributed by atoms with Crippen molar-refractivity contribution in [2.45, 2.75) is 91.1 Å².